The van der Waals surface area contributed by atoms with Gasteiger partial charge in [0.05, 0.1) is 12.5 Å². The molecule has 2 aromatic rings. The summed E-state index contributed by atoms with van der Waals surface area (Å²) < 4.78 is 5.18. The van der Waals surface area contributed by atoms with Crippen molar-refractivity contribution in [2.45, 2.75) is 39.7 Å². The molecule has 2 rings (SSSR count). The standard InChI is InChI=1S/C17H23NO/c1-4-6-18-17(11-15-5-7-19-12-15)16-9-13(2)8-14(3)10-16/h5,7-10,12,17-18H,4,6,11H2,1-3H3. The number of aryl methyl sites for hydroxylation is 2. The van der Waals surface area contributed by atoms with Crippen LogP contribution in [0.3, 0.4) is 0 Å². The van der Waals surface area contributed by atoms with E-state index in [-0.39, 0.29) is 0 Å². The fraction of sp³-hybridized carbons (Fsp3) is 0.412. The van der Waals surface area contributed by atoms with Gasteiger partial charge in [-0.25, -0.2) is 0 Å². The van der Waals surface area contributed by atoms with Crippen LogP contribution in [0.5, 0.6) is 0 Å². The minimum Gasteiger partial charge on any atom is -0.472 e. The second-order valence-corrected chi connectivity index (χ2v) is 5.26. The Hall–Kier alpha value is -1.54. The summed E-state index contributed by atoms with van der Waals surface area (Å²) in [7, 11) is 0. The number of furan rings is 1. The molecule has 0 amide bonds. The van der Waals surface area contributed by atoms with Crippen LogP contribution in [0.1, 0.15) is 41.6 Å². The predicted molar refractivity (Wildman–Crippen MR) is 79.4 cm³/mol. The fourth-order valence-electron chi connectivity index (χ4n) is 2.48. The van der Waals surface area contributed by atoms with Gasteiger partial charge in [-0.05, 0) is 50.4 Å². The predicted octanol–water partition coefficient (Wildman–Crippen LogP) is 4.18. The van der Waals surface area contributed by atoms with Gasteiger partial charge in [-0.15, -0.1) is 0 Å². The van der Waals surface area contributed by atoms with Gasteiger partial charge in [0.1, 0.15) is 0 Å². The minimum absolute atomic E-state index is 0.358. The molecule has 0 radical (unpaired) electrons. The third-order valence-electron chi connectivity index (χ3n) is 3.31. The Morgan fingerprint density at radius 3 is 2.47 bits per heavy atom. The first-order valence-corrected chi connectivity index (χ1v) is 7.01. The largest absolute Gasteiger partial charge is 0.472 e. The Balaban J connectivity index is 2.20. The van der Waals surface area contributed by atoms with Crippen molar-refractivity contribution >= 4 is 0 Å². The van der Waals surface area contributed by atoms with Gasteiger partial charge in [0.15, 0.2) is 0 Å². The smallest absolute Gasteiger partial charge is 0.0935 e. The molecule has 1 aromatic carbocycles. The lowest BCUT2D eigenvalue weighted by molar-refractivity contribution is 0.520. The van der Waals surface area contributed by atoms with E-state index < -0.39 is 0 Å². The lowest BCUT2D eigenvalue weighted by Crippen LogP contribution is -2.24. The van der Waals surface area contributed by atoms with Crippen LogP contribution in [0, 0.1) is 13.8 Å². The molecule has 19 heavy (non-hydrogen) atoms. The average molecular weight is 257 g/mol. The molecule has 0 saturated carbocycles. The highest BCUT2D eigenvalue weighted by atomic mass is 16.3. The quantitative estimate of drug-likeness (QED) is 0.839. The van der Waals surface area contributed by atoms with Gasteiger partial charge in [0.2, 0.25) is 0 Å². The molecule has 1 atom stereocenters. The first kappa shape index (κ1) is 13.9. The van der Waals surface area contributed by atoms with Crippen molar-refractivity contribution in [2.24, 2.45) is 0 Å². The van der Waals surface area contributed by atoms with Crippen molar-refractivity contribution < 1.29 is 4.42 Å². The zero-order valence-electron chi connectivity index (χ0n) is 12.1. The van der Waals surface area contributed by atoms with Crippen LogP contribution in [0.25, 0.3) is 0 Å². The van der Waals surface area contributed by atoms with Gasteiger partial charge in [0, 0.05) is 6.04 Å². The van der Waals surface area contributed by atoms with Gasteiger partial charge in [-0.3, -0.25) is 0 Å². The topological polar surface area (TPSA) is 25.2 Å². The molecule has 0 fully saturated rings. The maximum absolute atomic E-state index is 5.18. The monoisotopic (exact) mass is 257 g/mol. The minimum atomic E-state index is 0.358. The molecular weight excluding hydrogens is 234 g/mol. The normalized spacial score (nSPS) is 12.6. The van der Waals surface area contributed by atoms with Crippen LogP contribution in [0.2, 0.25) is 0 Å². The molecule has 1 N–H and O–H groups in total. The molecule has 0 aliphatic rings. The highest BCUT2D eigenvalue weighted by Crippen LogP contribution is 2.21. The van der Waals surface area contributed by atoms with E-state index in [4.69, 9.17) is 4.42 Å². The lowest BCUT2D eigenvalue weighted by Gasteiger charge is -2.19. The summed E-state index contributed by atoms with van der Waals surface area (Å²) in [6.45, 7) is 7.55. The van der Waals surface area contributed by atoms with Crippen molar-refractivity contribution in [3.05, 3.63) is 59.0 Å². The van der Waals surface area contributed by atoms with Crippen LogP contribution in [0.4, 0.5) is 0 Å². The average Bonchev–Trinajstić information content (AvgIpc) is 2.86. The summed E-state index contributed by atoms with van der Waals surface area (Å²) in [5, 5.41) is 3.64. The first-order chi connectivity index (χ1) is 9.19. The summed E-state index contributed by atoms with van der Waals surface area (Å²) in [6.07, 6.45) is 5.70. The maximum atomic E-state index is 5.18. The van der Waals surface area contributed by atoms with E-state index in [9.17, 15) is 0 Å². The van der Waals surface area contributed by atoms with Crippen molar-refractivity contribution in [2.75, 3.05) is 6.54 Å². The van der Waals surface area contributed by atoms with Crippen molar-refractivity contribution in [3.8, 4) is 0 Å². The molecule has 0 spiro atoms. The molecule has 2 nitrogen and oxygen atoms in total. The third kappa shape index (κ3) is 3.97. The Morgan fingerprint density at radius 2 is 1.89 bits per heavy atom. The van der Waals surface area contributed by atoms with Gasteiger partial charge >= 0.3 is 0 Å². The second-order valence-electron chi connectivity index (χ2n) is 5.26. The Kier molecular flexibility index (Phi) is 4.80. The summed E-state index contributed by atoms with van der Waals surface area (Å²) in [4.78, 5) is 0. The molecular formula is C17H23NO. The Labute approximate surface area is 115 Å². The lowest BCUT2D eigenvalue weighted by atomic mass is 9.97. The van der Waals surface area contributed by atoms with Gasteiger partial charge in [0.25, 0.3) is 0 Å². The summed E-state index contributed by atoms with van der Waals surface area (Å²) in [6, 6.07) is 9.18. The molecule has 1 aromatic heterocycles. The molecule has 1 unspecified atom stereocenters. The van der Waals surface area contributed by atoms with Crippen LogP contribution in [-0.2, 0) is 6.42 Å². The Morgan fingerprint density at radius 1 is 1.16 bits per heavy atom. The number of hydrogen-bond acceptors (Lipinski definition) is 2. The van der Waals surface area contributed by atoms with Crippen molar-refractivity contribution in [1.29, 1.82) is 0 Å². The van der Waals surface area contributed by atoms with E-state index in [1.807, 2.05) is 12.3 Å². The Bertz CT molecular complexity index is 482. The number of nitrogens with one attached hydrogen (secondary N) is 1. The van der Waals surface area contributed by atoms with Crippen LogP contribution >= 0.6 is 0 Å². The van der Waals surface area contributed by atoms with E-state index in [1.165, 1.54) is 22.3 Å². The zero-order valence-corrected chi connectivity index (χ0v) is 12.1. The van der Waals surface area contributed by atoms with Crippen molar-refractivity contribution in [3.63, 3.8) is 0 Å². The van der Waals surface area contributed by atoms with Gasteiger partial charge < -0.3 is 9.73 Å². The summed E-state index contributed by atoms with van der Waals surface area (Å²) in [5.41, 5.74) is 5.26. The SMILES string of the molecule is CCCNC(Cc1ccoc1)c1cc(C)cc(C)c1. The molecule has 0 aliphatic carbocycles. The van der Waals surface area contributed by atoms with Crippen LogP contribution in [0.15, 0.2) is 41.2 Å². The summed E-state index contributed by atoms with van der Waals surface area (Å²) in [5.74, 6) is 0. The van der Waals surface area contributed by atoms with E-state index in [0.29, 0.717) is 6.04 Å². The highest BCUT2D eigenvalue weighted by Gasteiger charge is 2.13. The number of benzene rings is 1. The molecule has 1 heterocycles. The molecule has 0 aliphatic heterocycles. The van der Waals surface area contributed by atoms with Crippen LogP contribution in [-0.4, -0.2) is 6.54 Å². The van der Waals surface area contributed by atoms with Crippen LogP contribution < -0.4 is 5.32 Å². The van der Waals surface area contributed by atoms with E-state index in [1.54, 1.807) is 6.26 Å². The second kappa shape index (κ2) is 6.58. The zero-order chi connectivity index (χ0) is 13.7. The summed E-state index contributed by atoms with van der Waals surface area (Å²) >= 11 is 0. The number of hydrogen-bond donors (Lipinski definition) is 1. The van der Waals surface area contributed by atoms with Gasteiger partial charge in [-0.1, -0.05) is 36.2 Å². The fourth-order valence-corrected chi connectivity index (χ4v) is 2.48. The molecule has 0 bridgehead atoms. The molecule has 102 valence electrons. The maximum Gasteiger partial charge on any atom is 0.0935 e. The van der Waals surface area contributed by atoms with E-state index in [0.717, 1.165) is 19.4 Å². The third-order valence-corrected chi connectivity index (χ3v) is 3.31. The van der Waals surface area contributed by atoms with Crippen molar-refractivity contribution in [1.82, 2.24) is 5.32 Å². The first-order valence-electron chi connectivity index (χ1n) is 7.01. The van der Waals surface area contributed by atoms with Gasteiger partial charge in [-0.2, -0.15) is 0 Å². The number of rotatable bonds is 6. The molecule has 0 saturated heterocycles. The van der Waals surface area contributed by atoms with E-state index >= 15 is 0 Å². The molecule has 2 heteroatoms. The van der Waals surface area contributed by atoms with E-state index in [2.05, 4.69) is 44.3 Å². The highest BCUT2D eigenvalue weighted by molar-refractivity contribution is 5.31.